The highest BCUT2D eigenvalue weighted by atomic mass is 32.2. The van der Waals surface area contributed by atoms with Gasteiger partial charge in [-0.2, -0.15) is 8.42 Å². The maximum atomic E-state index is 12.3. The first-order valence-corrected chi connectivity index (χ1v) is 15.3. The molecule has 0 aromatic heterocycles. The Bertz CT molecular complexity index is 1450. The number of likely N-dealkylation sites (tertiary alicyclic amines) is 1. The van der Waals surface area contributed by atoms with Crippen molar-refractivity contribution in [3.63, 3.8) is 0 Å². The molecule has 0 unspecified atom stereocenters. The second kappa shape index (κ2) is 15.0. The Labute approximate surface area is 252 Å². The number of rotatable bonds is 11. The molecule has 0 atom stereocenters. The van der Waals surface area contributed by atoms with Gasteiger partial charge in [0, 0.05) is 6.54 Å². The van der Waals surface area contributed by atoms with Crippen LogP contribution in [0.3, 0.4) is 0 Å². The zero-order valence-corrected chi connectivity index (χ0v) is 25.4. The van der Waals surface area contributed by atoms with Gasteiger partial charge in [0.1, 0.15) is 0 Å². The Balaban J connectivity index is 0.000000386. The van der Waals surface area contributed by atoms with Gasteiger partial charge in [-0.15, -0.1) is 0 Å². The van der Waals surface area contributed by atoms with Crippen molar-refractivity contribution in [3.05, 3.63) is 89.5 Å². The molecule has 10 nitrogen and oxygen atoms in total. The third-order valence-electron chi connectivity index (χ3n) is 7.68. The lowest BCUT2D eigenvalue weighted by Gasteiger charge is -2.36. The molecule has 232 valence electrons. The average molecular weight is 614 g/mol. The Morgan fingerprint density at radius 1 is 0.860 bits per heavy atom. The number of piperidine rings is 1. The summed E-state index contributed by atoms with van der Waals surface area (Å²) in [4.78, 5) is 26.8. The maximum absolute atomic E-state index is 12.3. The van der Waals surface area contributed by atoms with E-state index in [1.165, 1.54) is 31.9 Å². The smallest absolute Gasteiger partial charge is 0.321 e. The normalized spacial score (nSPS) is 14.3. The largest absolute Gasteiger partial charge is 0.493 e. The summed E-state index contributed by atoms with van der Waals surface area (Å²) in [5.41, 5.74) is 0.905. The fourth-order valence-electron chi connectivity index (χ4n) is 5.22. The summed E-state index contributed by atoms with van der Waals surface area (Å²) in [5.74, 6) is -1.60. The van der Waals surface area contributed by atoms with Crippen molar-refractivity contribution >= 4 is 22.1 Å². The Kier molecular flexibility index (Phi) is 11.7. The van der Waals surface area contributed by atoms with Gasteiger partial charge in [0.25, 0.3) is 10.1 Å². The number of carboxylic acids is 2. The van der Waals surface area contributed by atoms with Gasteiger partial charge < -0.3 is 19.7 Å². The zero-order valence-electron chi connectivity index (χ0n) is 24.6. The van der Waals surface area contributed by atoms with Crippen LogP contribution in [0.2, 0.25) is 0 Å². The van der Waals surface area contributed by atoms with E-state index in [2.05, 4.69) is 17.0 Å². The molecule has 0 bridgehead atoms. The predicted octanol–water partition coefficient (Wildman–Crippen LogP) is 4.95. The van der Waals surface area contributed by atoms with Gasteiger partial charge in [0.05, 0.1) is 19.1 Å². The minimum absolute atomic E-state index is 0.0365. The molecule has 43 heavy (non-hydrogen) atoms. The number of hydrogen-bond donors (Lipinski definition) is 3. The topological polar surface area (TPSA) is 151 Å². The Morgan fingerprint density at radius 2 is 1.44 bits per heavy atom. The first kappa shape index (κ1) is 33.6. The molecule has 1 aliphatic rings. The molecular weight excluding hydrogens is 574 g/mol. The summed E-state index contributed by atoms with van der Waals surface area (Å²) in [6.45, 7) is 4.34. The van der Waals surface area contributed by atoms with E-state index in [1.807, 2.05) is 25.1 Å². The van der Waals surface area contributed by atoms with Crippen LogP contribution in [0.5, 0.6) is 11.5 Å². The van der Waals surface area contributed by atoms with Crippen LogP contribution in [0.25, 0.3) is 0 Å². The van der Waals surface area contributed by atoms with Gasteiger partial charge in [-0.1, -0.05) is 54.1 Å². The van der Waals surface area contributed by atoms with E-state index in [1.54, 1.807) is 30.3 Å². The van der Waals surface area contributed by atoms with Crippen molar-refractivity contribution in [3.8, 4) is 11.5 Å². The fourth-order valence-corrected chi connectivity index (χ4v) is 5.70. The van der Waals surface area contributed by atoms with E-state index < -0.39 is 27.5 Å². The lowest BCUT2D eigenvalue weighted by molar-refractivity contribution is -0.166. The quantitative estimate of drug-likeness (QED) is 0.200. The van der Waals surface area contributed by atoms with Crippen LogP contribution in [-0.4, -0.2) is 67.3 Å². The van der Waals surface area contributed by atoms with Crippen molar-refractivity contribution in [2.24, 2.45) is 11.3 Å². The van der Waals surface area contributed by atoms with Crippen molar-refractivity contribution in [2.75, 3.05) is 27.3 Å². The summed E-state index contributed by atoms with van der Waals surface area (Å²) >= 11 is 0. The van der Waals surface area contributed by atoms with E-state index in [0.717, 1.165) is 38.0 Å². The van der Waals surface area contributed by atoms with E-state index in [9.17, 15) is 28.2 Å². The van der Waals surface area contributed by atoms with Crippen molar-refractivity contribution < 1.29 is 42.2 Å². The molecule has 3 aromatic carbocycles. The van der Waals surface area contributed by atoms with Crippen LogP contribution in [0.1, 0.15) is 36.0 Å². The summed E-state index contributed by atoms with van der Waals surface area (Å²) < 4.78 is 40.1. The number of aliphatic carboxylic acids is 2. The average Bonchev–Trinajstić information content (AvgIpc) is 2.98. The third-order valence-corrected chi connectivity index (χ3v) is 8.55. The molecule has 0 aliphatic carbocycles. The van der Waals surface area contributed by atoms with Gasteiger partial charge >= 0.3 is 11.9 Å². The van der Waals surface area contributed by atoms with Crippen LogP contribution in [0, 0.1) is 18.3 Å². The molecule has 3 aromatic rings. The molecule has 3 N–H and O–H groups in total. The molecule has 1 heterocycles. The van der Waals surface area contributed by atoms with E-state index >= 15 is 0 Å². The predicted molar refractivity (Wildman–Crippen MR) is 161 cm³/mol. The SMILES string of the molecule is COc1ccc(CC(CC2CCN(Cc3ccccc3)CC2)(C(=O)O)C(=O)O)cc1OC.Cc1ccc(S(=O)(=O)O)cc1. The van der Waals surface area contributed by atoms with Gasteiger partial charge in [-0.3, -0.25) is 19.0 Å². The summed E-state index contributed by atoms with van der Waals surface area (Å²) in [5, 5.41) is 20.0. The molecule has 4 rings (SSSR count). The second-order valence-electron chi connectivity index (χ2n) is 10.8. The number of benzene rings is 3. The van der Waals surface area contributed by atoms with E-state index in [0.29, 0.717) is 17.1 Å². The molecule has 11 heteroatoms. The molecule has 0 amide bonds. The minimum Gasteiger partial charge on any atom is -0.493 e. The van der Waals surface area contributed by atoms with Gasteiger partial charge in [-0.25, -0.2) is 0 Å². The van der Waals surface area contributed by atoms with E-state index in [4.69, 9.17) is 14.0 Å². The van der Waals surface area contributed by atoms with Crippen molar-refractivity contribution in [1.82, 2.24) is 4.90 Å². The van der Waals surface area contributed by atoms with Crippen LogP contribution in [0.15, 0.2) is 77.7 Å². The van der Waals surface area contributed by atoms with Crippen LogP contribution in [-0.2, 0) is 32.7 Å². The van der Waals surface area contributed by atoms with Crippen molar-refractivity contribution in [1.29, 1.82) is 0 Å². The van der Waals surface area contributed by atoms with Crippen LogP contribution in [0.4, 0.5) is 0 Å². The first-order chi connectivity index (χ1) is 20.4. The maximum Gasteiger partial charge on any atom is 0.321 e. The number of carboxylic acid groups (broad SMARTS) is 2. The number of nitrogens with zero attached hydrogens (tertiary/aromatic N) is 1. The van der Waals surface area contributed by atoms with Gasteiger partial charge in [0.15, 0.2) is 16.9 Å². The van der Waals surface area contributed by atoms with Crippen LogP contribution >= 0.6 is 0 Å². The molecule has 0 spiro atoms. The number of ether oxygens (including phenoxy) is 2. The summed E-state index contributed by atoms with van der Waals surface area (Å²) in [6.07, 6.45) is 1.55. The van der Waals surface area contributed by atoms with Gasteiger partial charge in [-0.05, 0) is 87.0 Å². The van der Waals surface area contributed by atoms with E-state index in [-0.39, 0.29) is 23.7 Å². The monoisotopic (exact) mass is 613 g/mol. The molecule has 1 fully saturated rings. The lowest BCUT2D eigenvalue weighted by atomic mass is 9.72. The molecule has 1 aliphatic heterocycles. The molecular formula is C32H39NO9S. The highest BCUT2D eigenvalue weighted by Crippen LogP contribution is 2.38. The fraction of sp³-hybridized carbons (Fsp3) is 0.375. The number of methoxy groups -OCH3 is 2. The first-order valence-electron chi connectivity index (χ1n) is 13.9. The molecule has 0 radical (unpaired) electrons. The highest BCUT2D eigenvalue weighted by molar-refractivity contribution is 7.85. The summed E-state index contributed by atoms with van der Waals surface area (Å²) in [6, 6.07) is 21.2. The highest BCUT2D eigenvalue weighted by Gasteiger charge is 2.48. The van der Waals surface area contributed by atoms with Gasteiger partial charge in [0.2, 0.25) is 0 Å². The minimum atomic E-state index is -4.02. The Morgan fingerprint density at radius 3 is 1.95 bits per heavy atom. The van der Waals surface area contributed by atoms with Crippen LogP contribution < -0.4 is 9.47 Å². The summed E-state index contributed by atoms with van der Waals surface area (Å²) in [7, 11) is -1.01. The number of hydrogen-bond acceptors (Lipinski definition) is 7. The zero-order chi connectivity index (χ0) is 31.6. The Hall–Kier alpha value is -3.93. The second-order valence-corrected chi connectivity index (χ2v) is 12.2. The standard InChI is InChI=1S/C25H31NO6.C7H8O3S/c1-31-21-9-8-20(14-22(21)32-2)16-25(23(27)28,24(29)30)15-18-10-12-26(13-11-18)17-19-6-4-3-5-7-19;1-6-2-4-7(5-3-6)11(8,9)10/h3-9,14,18H,10-13,15-17H2,1-2H3,(H,27,28)(H,29,30);2-5H,1H3,(H,8,9,10). The van der Waals surface area contributed by atoms with Crippen molar-refractivity contribution in [2.45, 2.75) is 44.0 Å². The number of carbonyl (C=O) groups is 2. The third kappa shape index (κ3) is 9.28. The lowest BCUT2D eigenvalue weighted by Crippen LogP contribution is -2.45. The molecule has 0 saturated carbocycles. The number of aryl methyl sites for hydroxylation is 1. The molecule has 1 saturated heterocycles.